The molecule has 9 heteroatoms. The summed E-state index contributed by atoms with van der Waals surface area (Å²) in [5, 5.41) is 3.74. The monoisotopic (exact) mass is 421 g/mol. The third-order valence-electron chi connectivity index (χ3n) is 5.04. The number of carbonyl (C=O) groups excluding carboxylic acids is 1. The van der Waals surface area contributed by atoms with Gasteiger partial charge in [-0.15, -0.1) is 0 Å². The van der Waals surface area contributed by atoms with Gasteiger partial charge in [0.2, 0.25) is 15.9 Å². The Morgan fingerprint density at radius 2 is 1.86 bits per heavy atom. The number of amides is 1. The summed E-state index contributed by atoms with van der Waals surface area (Å²) in [7, 11) is -3.67. The Balaban J connectivity index is 1.57. The lowest BCUT2D eigenvalue weighted by Crippen LogP contribution is -2.50. The zero-order valence-electron chi connectivity index (χ0n) is 17.1. The highest BCUT2D eigenvalue weighted by Crippen LogP contribution is 2.25. The highest BCUT2D eigenvalue weighted by molar-refractivity contribution is 7.89. The Kier molecular flexibility index (Phi) is 6.59. The highest BCUT2D eigenvalue weighted by atomic mass is 32.2. The fourth-order valence-electron chi connectivity index (χ4n) is 3.56. The van der Waals surface area contributed by atoms with Crippen LogP contribution >= 0.6 is 0 Å². The molecule has 1 amide bonds. The van der Waals surface area contributed by atoms with Crippen molar-refractivity contribution in [2.24, 2.45) is 0 Å². The van der Waals surface area contributed by atoms with E-state index in [1.807, 2.05) is 31.2 Å². The second-order valence-corrected chi connectivity index (χ2v) is 8.85. The summed E-state index contributed by atoms with van der Waals surface area (Å²) in [5.74, 6) is 1.11. The van der Waals surface area contributed by atoms with Gasteiger partial charge in [-0.3, -0.25) is 4.79 Å². The standard InChI is InChI=1S/C20H27N3O5S/c1-4-27-18-8-6-5-7-17(18)9-10-19(24)22-11-13-23(14-12-22)29(25,26)20-15(2)21-28-16(20)3/h5-8H,4,9-14H2,1-3H3. The Labute approximate surface area is 171 Å². The van der Waals surface area contributed by atoms with E-state index in [9.17, 15) is 13.2 Å². The fraction of sp³-hybridized carbons (Fsp3) is 0.500. The van der Waals surface area contributed by atoms with Crippen molar-refractivity contribution < 1.29 is 22.5 Å². The van der Waals surface area contributed by atoms with Gasteiger partial charge in [0.1, 0.15) is 16.3 Å². The van der Waals surface area contributed by atoms with Crippen LogP contribution in [-0.2, 0) is 21.2 Å². The van der Waals surface area contributed by atoms with E-state index in [1.54, 1.807) is 18.7 Å². The van der Waals surface area contributed by atoms with Crippen molar-refractivity contribution in [2.75, 3.05) is 32.8 Å². The molecule has 2 heterocycles. The second kappa shape index (κ2) is 8.96. The van der Waals surface area contributed by atoms with Crippen LogP contribution in [0.2, 0.25) is 0 Å². The smallest absolute Gasteiger partial charge is 0.248 e. The number of aryl methyl sites for hydroxylation is 3. The third kappa shape index (κ3) is 4.62. The molecule has 2 aromatic rings. The number of rotatable bonds is 7. The van der Waals surface area contributed by atoms with E-state index in [1.165, 1.54) is 4.31 Å². The highest BCUT2D eigenvalue weighted by Gasteiger charge is 2.34. The molecule has 1 aliphatic rings. The van der Waals surface area contributed by atoms with Gasteiger partial charge in [0.25, 0.3) is 0 Å². The van der Waals surface area contributed by atoms with E-state index in [4.69, 9.17) is 9.26 Å². The lowest BCUT2D eigenvalue weighted by Gasteiger charge is -2.34. The quantitative estimate of drug-likeness (QED) is 0.680. The van der Waals surface area contributed by atoms with Crippen LogP contribution < -0.4 is 4.74 Å². The molecule has 3 rings (SSSR count). The van der Waals surface area contributed by atoms with E-state index >= 15 is 0 Å². The van der Waals surface area contributed by atoms with Gasteiger partial charge in [0.05, 0.1) is 6.61 Å². The summed E-state index contributed by atoms with van der Waals surface area (Å²) in [6, 6.07) is 7.71. The number of benzene rings is 1. The average molecular weight is 422 g/mol. The zero-order valence-corrected chi connectivity index (χ0v) is 17.9. The Morgan fingerprint density at radius 3 is 2.48 bits per heavy atom. The Hall–Kier alpha value is -2.39. The third-order valence-corrected chi connectivity index (χ3v) is 7.18. The lowest BCUT2D eigenvalue weighted by atomic mass is 10.1. The van der Waals surface area contributed by atoms with Crippen LogP contribution in [0.5, 0.6) is 5.75 Å². The Bertz CT molecular complexity index is 943. The number of carbonyl (C=O) groups is 1. The molecule has 0 bridgehead atoms. The molecule has 0 unspecified atom stereocenters. The first kappa shape index (κ1) is 21.3. The summed E-state index contributed by atoms with van der Waals surface area (Å²) >= 11 is 0. The summed E-state index contributed by atoms with van der Waals surface area (Å²) in [4.78, 5) is 14.5. The summed E-state index contributed by atoms with van der Waals surface area (Å²) in [6.45, 7) is 6.96. The van der Waals surface area contributed by atoms with Crippen LogP contribution in [-0.4, -0.2) is 61.5 Å². The van der Waals surface area contributed by atoms with Crippen LogP contribution in [0.25, 0.3) is 0 Å². The predicted molar refractivity (Wildman–Crippen MR) is 107 cm³/mol. The van der Waals surface area contributed by atoms with Gasteiger partial charge in [0.15, 0.2) is 5.76 Å². The maximum Gasteiger partial charge on any atom is 0.248 e. The SMILES string of the molecule is CCOc1ccccc1CCC(=O)N1CCN(S(=O)(=O)c2c(C)noc2C)CC1. The van der Waals surface area contributed by atoms with Crippen LogP contribution in [0.3, 0.4) is 0 Å². The second-order valence-electron chi connectivity index (χ2n) is 6.98. The molecule has 8 nitrogen and oxygen atoms in total. The van der Waals surface area contributed by atoms with Crippen molar-refractivity contribution in [3.8, 4) is 5.75 Å². The van der Waals surface area contributed by atoms with Crippen molar-refractivity contribution in [1.82, 2.24) is 14.4 Å². The molecule has 0 spiro atoms. The van der Waals surface area contributed by atoms with Crippen molar-refractivity contribution in [2.45, 2.75) is 38.5 Å². The van der Waals surface area contributed by atoms with Crippen LogP contribution in [0.1, 0.15) is 30.4 Å². The van der Waals surface area contributed by atoms with E-state index in [0.29, 0.717) is 38.2 Å². The molecular weight excluding hydrogens is 394 g/mol. The minimum Gasteiger partial charge on any atom is -0.494 e. The fourth-order valence-corrected chi connectivity index (χ4v) is 5.27. The molecule has 0 atom stereocenters. The molecular formula is C20H27N3O5S. The van der Waals surface area contributed by atoms with Gasteiger partial charge >= 0.3 is 0 Å². The molecule has 0 N–H and O–H groups in total. The number of piperazine rings is 1. The minimum absolute atomic E-state index is 0.0192. The molecule has 29 heavy (non-hydrogen) atoms. The van der Waals surface area contributed by atoms with Crippen LogP contribution in [0.15, 0.2) is 33.7 Å². The summed E-state index contributed by atoms with van der Waals surface area (Å²) < 4.78 is 37.8. The van der Waals surface area contributed by atoms with Gasteiger partial charge in [-0.25, -0.2) is 8.42 Å². The number of para-hydroxylation sites is 1. The lowest BCUT2D eigenvalue weighted by molar-refractivity contribution is -0.132. The van der Waals surface area contributed by atoms with Gasteiger partial charge in [0, 0.05) is 32.6 Å². The van der Waals surface area contributed by atoms with E-state index in [-0.39, 0.29) is 29.7 Å². The molecule has 1 aliphatic heterocycles. The average Bonchev–Trinajstić information content (AvgIpc) is 3.06. The van der Waals surface area contributed by atoms with Crippen molar-refractivity contribution in [3.63, 3.8) is 0 Å². The number of sulfonamides is 1. The zero-order chi connectivity index (χ0) is 21.0. The summed E-state index contributed by atoms with van der Waals surface area (Å²) in [6.07, 6.45) is 0.952. The normalized spacial score (nSPS) is 15.5. The predicted octanol–water partition coefficient (Wildman–Crippen LogP) is 2.16. The number of hydrogen-bond acceptors (Lipinski definition) is 6. The first-order valence-corrected chi connectivity index (χ1v) is 11.2. The number of nitrogens with zero attached hydrogens (tertiary/aromatic N) is 3. The molecule has 1 aromatic heterocycles. The number of ether oxygens (including phenoxy) is 1. The van der Waals surface area contributed by atoms with Gasteiger partial charge in [-0.05, 0) is 38.8 Å². The molecule has 1 aromatic carbocycles. The van der Waals surface area contributed by atoms with Crippen LogP contribution in [0, 0.1) is 13.8 Å². The molecule has 1 fully saturated rings. The topological polar surface area (TPSA) is 93.0 Å². The summed E-state index contributed by atoms with van der Waals surface area (Å²) in [5.41, 5.74) is 1.36. The Morgan fingerprint density at radius 1 is 1.17 bits per heavy atom. The first-order valence-electron chi connectivity index (χ1n) is 9.76. The molecule has 1 saturated heterocycles. The van der Waals surface area contributed by atoms with Crippen molar-refractivity contribution in [3.05, 3.63) is 41.3 Å². The van der Waals surface area contributed by atoms with Gasteiger partial charge in [-0.1, -0.05) is 23.4 Å². The van der Waals surface area contributed by atoms with Crippen LogP contribution in [0.4, 0.5) is 0 Å². The maximum atomic E-state index is 12.9. The van der Waals surface area contributed by atoms with Crippen molar-refractivity contribution in [1.29, 1.82) is 0 Å². The molecule has 0 aliphatic carbocycles. The number of hydrogen-bond donors (Lipinski definition) is 0. The van der Waals surface area contributed by atoms with E-state index in [0.717, 1.165) is 11.3 Å². The van der Waals surface area contributed by atoms with E-state index < -0.39 is 10.0 Å². The molecule has 158 valence electrons. The minimum atomic E-state index is -3.67. The van der Waals surface area contributed by atoms with Gasteiger partial charge in [-0.2, -0.15) is 4.31 Å². The maximum absolute atomic E-state index is 12.9. The first-order chi connectivity index (χ1) is 13.8. The largest absolute Gasteiger partial charge is 0.494 e. The molecule has 0 saturated carbocycles. The van der Waals surface area contributed by atoms with Gasteiger partial charge < -0.3 is 14.2 Å². The van der Waals surface area contributed by atoms with E-state index in [2.05, 4.69) is 5.16 Å². The number of aromatic nitrogens is 1. The molecule has 0 radical (unpaired) electrons. The van der Waals surface area contributed by atoms with Crippen molar-refractivity contribution >= 4 is 15.9 Å².